The monoisotopic (exact) mass is 371 g/mol. The van der Waals surface area contributed by atoms with E-state index in [1.54, 1.807) is 21.1 Å². The van der Waals surface area contributed by atoms with Gasteiger partial charge >= 0.3 is 0 Å². The molecule has 5 heteroatoms. The van der Waals surface area contributed by atoms with E-state index in [1.807, 2.05) is 57.2 Å². The molecule has 2 atom stereocenters. The molecule has 1 N–H and O–H groups in total. The number of carbonyl (C=O) groups excluding carboxylic acids is 1. The minimum Gasteiger partial charge on any atom is -0.493 e. The molecule has 0 bridgehead atoms. The van der Waals surface area contributed by atoms with Crippen molar-refractivity contribution in [2.75, 3.05) is 14.2 Å². The van der Waals surface area contributed by atoms with Crippen molar-refractivity contribution in [1.29, 1.82) is 0 Å². The lowest BCUT2D eigenvalue weighted by molar-refractivity contribution is -0.128. The number of hydrogen-bond acceptors (Lipinski definition) is 4. The van der Waals surface area contributed by atoms with Crippen LogP contribution in [0.5, 0.6) is 17.2 Å². The van der Waals surface area contributed by atoms with Crippen molar-refractivity contribution in [2.24, 2.45) is 0 Å². The zero-order chi connectivity index (χ0) is 20.0. The highest BCUT2D eigenvalue weighted by molar-refractivity contribution is 5.81. The summed E-state index contributed by atoms with van der Waals surface area (Å²) in [5.74, 6) is 1.84. The molecule has 146 valence electrons. The van der Waals surface area contributed by atoms with Crippen LogP contribution in [0.25, 0.3) is 0 Å². The van der Waals surface area contributed by atoms with Gasteiger partial charge in [-0.2, -0.15) is 0 Å². The first-order chi connectivity index (χ1) is 12.9. The van der Waals surface area contributed by atoms with E-state index in [-0.39, 0.29) is 11.9 Å². The van der Waals surface area contributed by atoms with E-state index in [9.17, 15) is 4.79 Å². The average Bonchev–Trinajstić information content (AvgIpc) is 2.68. The summed E-state index contributed by atoms with van der Waals surface area (Å²) in [6.07, 6.45) is 0.152. The van der Waals surface area contributed by atoms with Crippen LogP contribution in [-0.4, -0.2) is 26.2 Å². The number of carbonyl (C=O) groups is 1. The maximum absolute atomic E-state index is 12.6. The summed E-state index contributed by atoms with van der Waals surface area (Å²) in [7, 11) is 3.20. The molecule has 0 fully saturated rings. The standard InChI is InChI=1S/C22H29NO4/c1-7-19(17-9-11-20(25-5)21(13-17)26-6)23-22(24)16(4)27-18-10-8-14(2)15(3)12-18/h8-13,16,19H,7H2,1-6H3,(H,23,24)/t16-,19-/m1/s1. The number of hydrogen-bond donors (Lipinski definition) is 1. The van der Waals surface area contributed by atoms with E-state index in [0.29, 0.717) is 17.2 Å². The lowest BCUT2D eigenvalue weighted by Crippen LogP contribution is -2.38. The van der Waals surface area contributed by atoms with Crippen molar-refractivity contribution in [3.63, 3.8) is 0 Å². The second-order valence-electron chi connectivity index (χ2n) is 6.59. The highest BCUT2D eigenvalue weighted by atomic mass is 16.5. The van der Waals surface area contributed by atoms with E-state index in [4.69, 9.17) is 14.2 Å². The van der Waals surface area contributed by atoms with E-state index in [0.717, 1.165) is 17.5 Å². The van der Waals surface area contributed by atoms with Gasteiger partial charge in [-0.15, -0.1) is 0 Å². The Morgan fingerprint density at radius 2 is 1.70 bits per heavy atom. The fourth-order valence-electron chi connectivity index (χ4n) is 2.82. The normalized spacial score (nSPS) is 12.8. The molecule has 0 aliphatic rings. The number of amides is 1. The molecule has 0 radical (unpaired) electrons. The van der Waals surface area contributed by atoms with Gasteiger partial charge in [0.25, 0.3) is 5.91 Å². The van der Waals surface area contributed by atoms with Crippen LogP contribution in [0.3, 0.4) is 0 Å². The van der Waals surface area contributed by atoms with Gasteiger partial charge < -0.3 is 19.5 Å². The Balaban J connectivity index is 2.08. The summed E-state index contributed by atoms with van der Waals surface area (Å²) in [6.45, 7) is 7.85. The van der Waals surface area contributed by atoms with Gasteiger partial charge in [0, 0.05) is 0 Å². The first kappa shape index (κ1) is 20.6. The van der Waals surface area contributed by atoms with Gasteiger partial charge in [-0.3, -0.25) is 4.79 Å². The number of nitrogens with one attached hydrogen (secondary N) is 1. The topological polar surface area (TPSA) is 56.8 Å². The quantitative estimate of drug-likeness (QED) is 0.749. The minimum absolute atomic E-state index is 0.136. The zero-order valence-corrected chi connectivity index (χ0v) is 17.0. The van der Waals surface area contributed by atoms with Gasteiger partial charge in [-0.25, -0.2) is 0 Å². The average molecular weight is 371 g/mol. The molecule has 0 unspecified atom stereocenters. The molecule has 1 amide bonds. The number of benzene rings is 2. The van der Waals surface area contributed by atoms with Crippen LogP contribution < -0.4 is 19.5 Å². The van der Waals surface area contributed by atoms with Gasteiger partial charge in [0.2, 0.25) is 0 Å². The third kappa shape index (κ3) is 5.16. The van der Waals surface area contributed by atoms with Crippen molar-refractivity contribution in [3.8, 4) is 17.2 Å². The summed E-state index contributed by atoms with van der Waals surface area (Å²) >= 11 is 0. The Labute approximate surface area is 161 Å². The van der Waals surface area contributed by atoms with Gasteiger partial charge in [0.15, 0.2) is 17.6 Å². The van der Waals surface area contributed by atoms with Crippen molar-refractivity contribution >= 4 is 5.91 Å². The van der Waals surface area contributed by atoms with Crippen molar-refractivity contribution in [3.05, 3.63) is 53.1 Å². The summed E-state index contributed by atoms with van der Waals surface area (Å²) < 4.78 is 16.5. The predicted octanol–water partition coefficient (Wildman–Crippen LogP) is 4.36. The highest BCUT2D eigenvalue weighted by Gasteiger charge is 2.20. The summed E-state index contributed by atoms with van der Waals surface area (Å²) in [6, 6.07) is 11.4. The maximum Gasteiger partial charge on any atom is 0.261 e. The molecule has 0 saturated carbocycles. The molecular weight excluding hydrogens is 342 g/mol. The van der Waals surface area contributed by atoms with Crippen LogP contribution in [0.1, 0.15) is 43.0 Å². The lowest BCUT2D eigenvalue weighted by atomic mass is 10.0. The zero-order valence-electron chi connectivity index (χ0n) is 17.0. The minimum atomic E-state index is -0.596. The molecule has 0 aliphatic heterocycles. The highest BCUT2D eigenvalue weighted by Crippen LogP contribution is 2.31. The molecule has 2 aromatic rings. The fraction of sp³-hybridized carbons (Fsp3) is 0.409. The van der Waals surface area contributed by atoms with Gasteiger partial charge in [0.05, 0.1) is 20.3 Å². The van der Waals surface area contributed by atoms with E-state index < -0.39 is 6.10 Å². The predicted molar refractivity (Wildman–Crippen MR) is 107 cm³/mol. The van der Waals surface area contributed by atoms with Crippen molar-refractivity contribution in [1.82, 2.24) is 5.32 Å². The molecule has 0 aromatic heterocycles. The molecule has 0 aliphatic carbocycles. The smallest absolute Gasteiger partial charge is 0.261 e. The Hall–Kier alpha value is -2.69. The molecule has 5 nitrogen and oxygen atoms in total. The second kappa shape index (κ2) is 9.31. The SMILES string of the molecule is CC[C@@H](NC(=O)[C@@H](C)Oc1ccc(C)c(C)c1)c1ccc(OC)c(OC)c1. The van der Waals surface area contributed by atoms with E-state index >= 15 is 0 Å². The molecular formula is C22H29NO4. The number of rotatable bonds is 8. The van der Waals surface area contributed by atoms with Crippen LogP contribution in [0.4, 0.5) is 0 Å². The third-order valence-corrected chi connectivity index (χ3v) is 4.70. The first-order valence-corrected chi connectivity index (χ1v) is 9.15. The lowest BCUT2D eigenvalue weighted by Gasteiger charge is -2.22. The number of methoxy groups -OCH3 is 2. The Kier molecular flexibility index (Phi) is 7.11. The fourth-order valence-corrected chi connectivity index (χ4v) is 2.82. The first-order valence-electron chi connectivity index (χ1n) is 9.15. The summed E-state index contributed by atoms with van der Waals surface area (Å²) in [5.41, 5.74) is 3.29. The molecule has 2 aromatic carbocycles. The van der Waals surface area contributed by atoms with Crippen LogP contribution in [0.15, 0.2) is 36.4 Å². The van der Waals surface area contributed by atoms with Gasteiger partial charge in [0.1, 0.15) is 5.75 Å². The Morgan fingerprint density at radius 3 is 2.30 bits per heavy atom. The van der Waals surface area contributed by atoms with E-state index in [1.165, 1.54) is 5.56 Å². The largest absolute Gasteiger partial charge is 0.493 e. The van der Waals surface area contributed by atoms with Gasteiger partial charge in [-0.05, 0) is 68.1 Å². The Bertz CT molecular complexity index is 788. The molecule has 0 heterocycles. The number of aryl methyl sites for hydroxylation is 2. The summed E-state index contributed by atoms with van der Waals surface area (Å²) in [4.78, 5) is 12.6. The van der Waals surface area contributed by atoms with Gasteiger partial charge in [-0.1, -0.05) is 19.1 Å². The number of ether oxygens (including phenoxy) is 3. The van der Waals surface area contributed by atoms with Crippen molar-refractivity contribution in [2.45, 2.75) is 46.3 Å². The maximum atomic E-state index is 12.6. The van der Waals surface area contributed by atoms with Crippen LogP contribution in [0, 0.1) is 13.8 Å². The summed E-state index contributed by atoms with van der Waals surface area (Å²) in [5, 5.41) is 3.06. The van der Waals surface area contributed by atoms with Crippen LogP contribution in [-0.2, 0) is 4.79 Å². The Morgan fingerprint density at radius 1 is 1.00 bits per heavy atom. The van der Waals surface area contributed by atoms with Crippen LogP contribution >= 0.6 is 0 Å². The molecule has 0 saturated heterocycles. The molecule has 0 spiro atoms. The molecule has 2 rings (SSSR count). The van der Waals surface area contributed by atoms with Crippen molar-refractivity contribution < 1.29 is 19.0 Å². The second-order valence-corrected chi connectivity index (χ2v) is 6.59. The molecule has 27 heavy (non-hydrogen) atoms. The third-order valence-electron chi connectivity index (χ3n) is 4.70. The van der Waals surface area contributed by atoms with Crippen LogP contribution in [0.2, 0.25) is 0 Å². The van der Waals surface area contributed by atoms with E-state index in [2.05, 4.69) is 5.32 Å².